The van der Waals surface area contributed by atoms with Gasteiger partial charge in [0.2, 0.25) is 0 Å². The number of nitrogens with zero attached hydrogens (tertiary/aromatic N) is 2. The van der Waals surface area contributed by atoms with Gasteiger partial charge in [0.1, 0.15) is 5.75 Å². The van der Waals surface area contributed by atoms with Crippen LogP contribution < -0.4 is 9.64 Å². The van der Waals surface area contributed by atoms with Gasteiger partial charge in [-0.3, -0.25) is 4.79 Å². The fourth-order valence-electron chi connectivity index (χ4n) is 5.17. The third-order valence-electron chi connectivity index (χ3n) is 6.71. The van der Waals surface area contributed by atoms with Crippen LogP contribution in [0.5, 0.6) is 5.75 Å². The zero-order chi connectivity index (χ0) is 23.3. The van der Waals surface area contributed by atoms with Crippen molar-refractivity contribution in [3.05, 3.63) is 53.1 Å². The maximum absolute atomic E-state index is 13.5. The molecule has 2 fully saturated rings. The molecule has 176 valence electrons. The largest absolute Gasteiger partial charge is 0.490 e. The first-order valence-corrected chi connectivity index (χ1v) is 13.4. The summed E-state index contributed by atoms with van der Waals surface area (Å²) in [7, 11) is -3.45. The molecule has 1 amide bonds. The molecule has 0 saturated carbocycles. The minimum atomic E-state index is -3.45. The van der Waals surface area contributed by atoms with Gasteiger partial charge in [-0.05, 0) is 68.1 Å². The summed E-state index contributed by atoms with van der Waals surface area (Å²) in [5.41, 5.74) is 3.74. The standard InChI is InChI=1S/C25H30N2O5S/c1-16(2)32-24-9-8-22(33(3,29)30)11-23(24)25(28)26-12-17-4-5-19(10-18(17)13-26)27-20-6-7-21(27)15-31-14-20/h4-5,8-11,16,20-21H,6-7,12-15H2,1-3H3. The Kier molecular flexibility index (Phi) is 5.61. The van der Waals surface area contributed by atoms with Gasteiger partial charge in [-0.1, -0.05) is 6.07 Å². The Labute approximate surface area is 195 Å². The quantitative estimate of drug-likeness (QED) is 0.667. The molecule has 8 heteroatoms. The second-order valence-corrected chi connectivity index (χ2v) is 11.6. The van der Waals surface area contributed by atoms with E-state index in [2.05, 4.69) is 23.1 Å². The van der Waals surface area contributed by atoms with E-state index >= 15 is 0 Å². The Hall–Kier alpha value is -2.58. The lowest BCUT2D eigenvalue weighted by molar-refractivity contribution is 0.0745. The van der Waals surface area contributed by atoms with Gasteiger partial charge in [0.15, 0.2) is 9.84 Å². The highest BCUT2D eigenvalue weighted by Crippen LogP contribution is 2.37. The maximum atomic E-state index is 13.5. The van der Waals surface area contributed by atoms with Crippen LogP contribution in [0, 0.1) is 0 Å². The maximum Gasteiger partial charge on any atom is 0.258 e. The molecule has 2 bridgehead atoms. The molecule has 2 saturated heterocycles. The molecule has 2 atom stereocenters. The molecule has 3 heterocycles. The van der Waals surface area contributed by atoms with Crippen molar-refractivity contribution in [1.29, 1.82) is 0 Å². The van der Waals surface area contributed by atoms with Gasteiger partial charge in [-0.15, -0.1) is 0 Å². The molecule has 3 aliphatic rings. The van der Waals surface area contributed by atoms with Gasteiger partial charge in [-0.2, -0.15) is 0 Å². The molecular weight excluding hydrogens is 440 g/mol. The lowest BCUT2D eigenvalue weighted by Crippen LogP contribution is -2.45. The molecule has 0 aliphatic carbocycles. The number of rotatable bonds is 5. The number of carbonyl (C=O) groups is 1. The van der Waals surface area contributed by atoms with Crippen LogP contribution in [0.25, 0.3) is 0 Å². The Morgan fingerprint density at radius 3 is 2.39 bits per heavy atom. The first-order valence-electron chi connectivity index (χ1n) is 11.5. The number of hydrogen-bond acceptors (Lipinski definition) is 6. The number of hydrogen-bond donors (Lipinski definition) is 0. The average molecular weight is 471 g/mol. The zero-order valence-corrected chi connectivity index (χ0v) is 20.1. The van der Waals surface area contributed by atoms with Gasteiger partial charge in [0.05, 0.1) is 41.9 Å². The van der Waals surface area contributed by atoms with Gasteiger partial charge in [0, 0.05) is 25.0 Å². The van der Waals surface area contributed by atoms with Crippen LogP contribution in [0.1, 0.15) is 48.2 Å². The lowest BCUT2D eigenvalue weighted by Gasteiger charge is -2.36. The minimum absolute atomic E-state index is 0.115. The third-order valence-corrected chi connectivity index (χ3v) is 7.82. The van der Waals surface area contributed by atoms with E-state index in [0.717, 1.165) is 43.4 Å². The smallest absolute Gasteiger partial charge is 0.258 e. The van der Waals surface area contributed by atoms with E-state index < -0.39 is 9.84 Å². The van der Waals surface area contributed by atoms with Crippen LogP contribution in [0.3, 0.4) is 0 Å². The number of morpholine rings is 1. The van der Waals surface area contributed by atoms with Crippen LogP contribution in [-0.4, -0.2) is 56.9 Å². The molecular formula is C25H30N2O5S. The van der Waals surface area contributed by atoms with Crippen molar-refractivity contribution < 1.29 is 22.7 Å². The molecule has 33 heavy (non-hydrogen) atoms. The summed E-state index contributed by atoms with van der Waals surface area (Å²) < 4.78 is 35.8. The third kappa shape index (κ3) is 4.22. The summed E-state index contributed by atoms with van der Waals surface area (Å²) in [6.45, 7) is 6.29. The fraction of sp³-hybridized carbons (Fsp3) is 0.480. The zero-order valence-electron chi connectivity index (χ0n) is 19.3. The van der Waals surface area contributed by atoms with E-state index in [1.54, 1.807) is 11.0 Å². The van der Waals surface area contributed by atoms with Gasteiger partial charge in [-0.25, -0.2) is 8.42 Å². The van der Waals surface area contributed by atoms with E-state index in [1.807, 2.05) is 13.8 Å². The average Bonchev–Trinajstić information content (AvgIpc) is 3.29. The Morgan fingerprint density at radius 1 is 1.03 bits per heavy atom. The van der Waals surface area contributed by atoms with Crippen LogP contribution in [0.2, 0.25) is 0 Å². The van der Waals surface area contributed by atoms with Crippen LogP contribution >= 0.6 is 0 Å². The monoisotopic (exact) mass is 470 g/mol. The van der Waals surface area contributed by atoms with Crippen molar-refractivity contribution in [3.8, 4) is 5.75 Å². The molecule has 0 N–H and O–H groups in total. The predicted molar refractivity (Wildman–Crippen MR) is 125 cm³/mol. The van der Waals surface area contributed by atoms with Crippen LogP contribution in [-0.2, 0) is 27.7 Å². The second kappa shape index (κ2) is 8.33. The van der Waals surface area contributed by atoms with E-state index in [-0.39, 0.29) is 22.5 Å². The van der Waals surface area contributed by atoms with Crippen molar-refractivity contribution in [1.82, 2.24) is 4.90 Å². The van der Waals surface area contributed by atoms with Gasteiger partial charge < -0.3 is 19.3 Å². The van der Waals surface area contributed by atoms with E-state index in [0.29, 0.717) is 30.9 Å². The van der Waals surface area contributed by atoms with Crippen molar-refractivity contribution in [3.63, 3.8) is 0 Å². The molecule has 2 aromatic rings. The topological polar surface area (TPSA) is 76.2 Å². The number of ether oxygens (including phenoxy) is 2. The minimum Gasteiger partial charge on any atom is -0.490 e. The Morgan fingerprint density at radius 2 is 1.73 bits per heavy atom. The Balaban J connectivity index is 1.41. The molecule has 5 rings (SSSR count). The van der Waals surface area contributed by atoms with Crippen molar-refractivity contribution in [2.45, 2.75) is 62.9 Å². The fourth-order valence-corrected chi connectivity index (χ4v) is 5.82. The number of amides is 1. The molecule has 0 radical (unpaired) electrons. The highest BCUT2D eigenvalue weighted by molar-refractivity contribution is 7.90. The summed E-state index contributed by atoms with van der Waals surface area (Å²) in [6.07, 6.45) is 3.32. The number of benzene rings is 2. The molecule has 2 aromatic carbocycles. The number of anilines is 1. The first-order chi connectivity index (χ1) is 15.7. The van der Waals surface area contributed by atoms with E-state index in [1.165, 1.54) is 17.8 Å². The summed E-state index contributed by atoms with van der Waals surface area (Å²) in [4.78, 5) is 17.9. The van der Waals surface area contributed by atoms with E-state index in [4.69, 9.17) is 9.47 Å². The van der Waals surface area contributed by atoms with E-state index in [9.17, 15) is 13.2 Å². The molecule has 3 aliphatic heterocycles. The predicted octanol–water partition coefficient (Wildman–Crippen LogP) is 3.40. The summed E-state index contributed by atoms with van der Waals surface area (Å²) in [5, 5.41) is 0. The van der Waals surface area contributed by atoms with Crippen LogP contribution in [0.4, 0.5) is 5.69 Å². The number of carbonyl (C=O) groups excluding carboxylic acids is 1. The van der Waals surface area contributed by atoms with Crippen LogP contribution in [0.15, 0.2) is 41.3 Å². The molecule has 0 aromatic heterocycles. The first kappa shape index (κ1) is 22.2. The SMILES string of the molecule is CC(C)Oc1ccc(S(C)(=O)=O)cc1C(=O)N1Cc2ccc(N3C4CCC3COC4)cc2C1. The van der Waals surface area contributed by atoms with Gasteiger partial charge in [0.25, 0.3) is 5.91 Å². The summed E-state index contributed by atoms with van der Waals surface area (Å²) in [6, 6.07) is 11.8. The Bertz CT molecular complexity index is 1180. The number of fused-ring (bicyclic) bond motifs is 3. The molecule has 7 nitrogen and oxygen atoms in total. The molecule has 0 spiro atoms. The summed E-state index contributed by atoms with van der Waals surface area (Å²) >= 11 is 0. The summed E-state index contributed by atoms with van der Waals surface area (Å²) in [5.74, 6) is 0.185. The number of sulfone groups is 1. The highest BCUT2D eigenvalue weighted by atomic mass is 32.2. The highest BCUT2D eigenvalue weighted by Gasteiger charge is 2.38. The lowest BCUT2D eigenvalue weighted by atomic mass is 10.1. The normalized spacial score (nSPS) is 22.1. The van der Waals surface area contributed by atoms with Crippen molar-refractivity contribution in [2.75, 3.05) is 24.4 Å². The molecule has 2 unspecified atom stereocenters. The second-order valence-electron chi connectivity index (χ2n) is 9.54. The van der Waals surface area contributed by atoms with Crippen molar-refractivity contribution in [2.24, 2.45) is 0 Å². The van der Waals surface area contributed by atoms with Crippen molar-refractivity contribution >= 4 is 21.4 Å². The van der Waals surface area contributed by atoms with Gasteiger partial charge >= 0.3 is 0 Å².